The highest BCUT2D eigenvalue weighted by molar-refractivity contribution is 5.97. The van der Waals surface area contributed by atoms with Gasteiger partial charge in [0.1, 0.15) is 0 Å². The van der Waals surface area contributed by atoms with Gasteiger partial charge >= 0.3 is 6.18 Å². The van der Waals surface area contributed by atoms with E-state index in [-0.39, 0.29) is 12.0 Å². The van der Waals surface area contributed by atoms with Gasteiger partial charge in [0.2, 0.25) is 0 Å². The molecule has 0 radical (unpaired) electrons. The van der Waals surface area contributed by atoms with E-state index in [2.05, 4.69) is 10.1 Å². The van der Waals surface area contributed by atoms with Gasteiger partial charge in [-0.1, -0.05) is 24.3 Å². The van der Waals surface area contributed by atoms with E-state index in [1.165, 1.54) is 12.1 Å². The van der Waals surface area contributed by atoms with Crippen molar-refractivity contribution in [2.45, 2.75) is 25.4 Å². The van der Waals surface area contributed by atoms with E-state index in [1.54, 1.807) is 10.9 Å². The molecule has 2 aromatic heterocycles. The second kappa shape index (κ2) is 7.73. The first-order chi connectivity index (χ1) is 12.8. The van der Waals surface area contributed by atoms with E-state index in [1.807, 2.05) is 37.5 Å². The van der Waals surface area contributed by atoms with Crippen LogP contribution in [0.3, 0.4) is 0 Å². The van der Waals surface area contributed by atoms with Crippen molar-refractivity contribution in [1.82, 2.24) is 14.8 Å². The minimum Gasteiger partial charge on any atom is -0.294 e. The summed E-state index contributed by atoms with van der Waals surface area (Å²) in [6, 6.07) is 10.4. The zero-order valence-corrected chi connectivity index (χ0v) is 14.7. The molecule has 2 heterocycles. The second-order valence-electron chi connectivity index (χ2n) is 6.27. The minimum absolute atomic E-state index is 0.0408. The second-order valence-corrected chi connectivity index (χ2v) is 6.27. The van der Waals surface area contributed by atoms with Gasteiger partial charge in [0.15, 0.2) is 11.5 Å². The van der Waals surface area contributed by atoms with Gasteiger partial charge in [0.05, 0.1) is 6.20 Å². The Morgan fingerprint density at radius 2 is 1.85 bits per heavy atom. The highest BCUT2D eigenvalue weighted by Gasteiger charge is 2.36. The number of hydrogen-bond acceptors (Lipinski definition) is 3. The normalized spacial score (nSPS) is 11.6. The highest BCUT2D eigenvalue weighted by atomic mass is 19.4. The molecule has 0 saturated carbocycles. The predicted molar refractivity (Wildman–Crippen MR) is 95.2 cm³/mol. The molecule has 7 heteroatoms. The van der Waals surface area contributed by atoms with Crippen molar-refractivity contribution in [2.75, 3.05) is 0 Å². The predicted octanol–water partition coefficient (Wildman–Crippen LogP) is 4.71. The van der Waals surface area contributed by atoms with Gasteiger partial charge in [-0.3, -0.25) is 14.5 Å². The summed E-state index contributed by atoms with van der Waals surface area (Å²) in [6.07, 6.45) is 1.23. The molecule has 3 rings (SSSR count). The average molecular weight is 373 g/mol. The molecule has 140 valence electrons. The van der Waals surface area contributed by atoms with Gasteiger partial charge in [-0.15, -0.1) is 0 Å². The molecule has 0 fully saturated rings. The third-order valence-corrected chi connectivity index (χ3v) is 4.24. The lowest BCUT2D eigenvalue weighted by Crippen LogP contribution is -2.15. The van der Waals surface area contributed by atoms with Gasteiger partial charge in [0, 0.05) is 37.0 Å². The Labute approximate surface area is 154 Å². The number of Topliss-reactive ketones (excluding diaryl/α,β-unsaturated/α-hetero) is 1. The number of benzene rings is 1. The van der Waals surface area contributed by atoms with Gasteiger partial charge < -0.3 is 0 Å². The summed E-state index contributed by atoms with van der Waals surface area (Å²) in [5.41, 5.74) is 1.59. The van der Waals surface area contributed by atoms with Gasteiger partial charge in [0.25, 0.3) is 0 Å². The molecule has 0 spiro atoms. The fourth-order valence-electron chi connectivity index (χ4n) is 2.88. The zero-order valence-electron chi connectivity index (χ0n) is 14.7. The fraction of sp³-hybridized carbons (Fsp3) is 0.250. The average Bonchev–Trinajstić information content (AvgIpc) is 3.08. The summed E-state index contributed by atoms with van der Waals surface area (Å²) in [6.45, 7) is 0. The van der Waals surface area contributed by atoms with Gasteiger partial charge in [-0.2, -0.15) is 18.3 Å². The van der Waals surface area contributed by atoms with Crippen LogP contribution in [0, 0.1) is 0 Å². The lowest BCUT2D eigenvalue weighted by atomic mass is 10.00. The number of aryl methyl sites for hydroxylation is 2. The lowest BCUT2D eigenvalue weighted by molar-refractivity contribution is -0.141. The monoisotopic (exact) mass is 373 g/mol. The van der Waals surface area contributed by atoms with Crippen LogP contribution in [0.1, 0.15) is 34.5 Å². The molecule has 0 atom stereocenters. The summed E-state index contributed by atoms with van der Waals surface area (Å²) in [7, 11) is 1.85. The van der Waals surface area contributed by atoms with Crippen molar-refractivity contribution in [1.29, 1.82) is 0 Å². The molecular weight excluding hydrogens is 355 g/mol. The lowest BCUT2D eigenvalue weighted by Gasteiger charge is -2.10. The minimum atomic E-state index is -4.63. The first kappa shape index (κ1) is 18.8. The van der Waals surface area contributed by atoms with E-state index >= 15 is 0 Å². The van der Waals surface area contributed by atoms with Crippen LogP contribution in [0.25, 0.3) is 11.1 Å². The Kier molecular flexibility index (Phi) is 5.39. The number of hydrogen-bond donors (Lipinski definition) is 0. The summed E-state index contributed by atoms with van der Waals surface area (Å²) >= 11 is 0. The summed E-state index contributed by atoms with van der Waals surface area (Å²) in [5, 5.41) is 4.13. The maximum absolute atomic E-state index is 13.0. The molecule has 27 heavy (non-hydrogen) atoms. The molecule has 1 aromatic carbocycles. The van der Waals surface area contributed by atoms with Gasteiger partial charge in [-0.05, 0) is 36.1 Å². The van der Waals surface area contributed by atoms with Crippen molar-refractivity contribution in [2.24, 2.45) is 7.05 Å². The van der Waals surface area contributed by atoms with Crippen LogP contribution in [0.15, 0.2) is 55.0 Å². The number of carbonyl (C=O) groups is 1. The number of alkyl halides is 3. The number of ketones is 1. The number of aromatic nitrogens is 3. The number of rotatable bonds is 6. The molecule has 0 N–H and O–H groups in total. The van der Waals surface area contributed by atoms with Gasteiger partial charge in [-0.25, -0.2) is 0 Å². The van der Waals surface area contributed by atoms with Crippen LogP contribution in [-0.2, 0) is 19.6 Å². The topological polar surface area (TPSA) is 47.8 Å². The molecule has 0 amide bonds. The van der Waals surface area contributed by atoms with E-state index in [0.29, 0.717) is 12.8 Å². The fourth-order valence-corrected chi connectivity index (χ4v) is 2.88. The van der Waals surface area contributed by atoms with E-state index in [9.17, 15) is 18.0 Å². The van der Waals surface area contributed by atoms with Crippen molar-refractivity contribution in [3.8, 4) is 11.1 Å². The van der Waals surface area contributed by atoms with Crippen molar-refractivity contribution in [3.05, 3.63) is 71.8 Å². The molecule has 0 bridgehead atoms. The number of nitrogens with zero attached hydrogens (tertiary/aromatic N) is 3. The van der Waals surface area contributed by atoms with Crippen LogP contribution in [0.2, 0.25) is 0 Å². The molecule has 0 unspecified atom stereocenters. The summed E-state index contributed by atoms with van der Waals surface area (Å²) in [5.74, 6) is -0.539. The molecule has 0 aliphatic heterocycles. The third-order valence-electron chi connectivity index (χ3n) is 4.24. The summed E-state index contributed by atoms with van der Waals surface area (Å²) < 4.78 is 40.6. The largest absolute Gasteiger partial charge is 0.434 e. The zero-order chi connectivity index (χ0) is 19.4. The number of halogens is 3. The summed E-state index contributed by atoms with van der Waals surface area (Å²) in [4.78, 5) is 15.5. The molecule has 3 aromatic rings. The van der Waals surface area contributed by atoms with Crippen molar-refractivity contribution >= 4 is 5.78 Å². The number of pyridine rings is 1. The Bertz CT molecular complexity index is 930. The highest BCUT2D eigenvalue weighted by Crippen LogP contribution is 2.30. The standard InChI is InChI=1S/C20H18F3N3O/c1-26-13-16(12-25-26)15-9-7-14(8-10-15)4-2-6-18(27)17-5-3-11-24-19(17)20(21,22)23/h3,5,7-13H,2,4,6H2,1H3. The van der Waals surface area contributed by atoms with Crippen LogP contribution < -0.4 is 0 Å². The van der Waals surface area contributed by atoms with Crippen molar-refractivity contribution in [3.63, 3.8) is 0 Å². The van der Waals surface area contributed by atoms with E-state index < -0.39 is 17.7 Å². The Balaban J connectivity index is 1.59. The Hall–Kier alpha value is -2.96. The third kappa shape index (κ3) is 4.61. The quantitative estimate of drug-likeness (QED) is 0.588. The Morgan fingerprint density at radius 1 is 1.11 bits per heavy atom. The van der Waals surface area contributed by atoms with Crippen molar-refractivity contribution < 1.29 is 18.0 Å². The maximum atomic E-state index is 13.0. The smallest absolute Gasteiger partial charge is 0.294 e. The molecular formula is C20H18F3N3O. The maximum Gasteiger partial charge on any atom is 0.434 e. The van der Waals surface area contributed by atoms with Crippen LogP contribution in [0.4, 0.5) is 13.2 Å². The Morgan fingerprint density at radius 3 is 2.48 bits per heavy atom. The van der Waals surface area contributed by atoms with Crippen LogP contribution in [0.5, 0.6) is 0 Å². The van der Waals surface area contributed by atoms with E-state index in [4.69, 9.17) is 0 Å². The first-order valence-corrected chi connectivity index (χ1v) is 8.48. The number of carbonyl (C=O) groups excluding carboxylic acids is 1. The van der Waals surface area contributed by atoms with Crippen LogP contribution in [-0.4, -0.2) is 20.5 Å². The van der Waals surface area contributed by atoms with E-state index in [0.717, 1.165) is 22.9 Å². The SMILES string of the molecule is Cn1cc(-c2ccc(CCCC(=O)c3cccnc3C(F)(F)F)cc2)cn1. The first-order valence-electron chi connectivity index (χ1n) is 8.48. The molecule has 4 nitrogen and oxygen atoms in total. The molecule has 0 aliphatic carbocycles. The molecule has 0 aliphatic rings. The molecule has 0 saturated heterocycles. The van der Waals surface area contributed by atoms with Crippen LogP contribution >= 0.6 is 0 Å².